The fraction of sp³-hybridized carbons (Fsp3) is 0.450. The molecule has 1 aromatic carbocycles. The van der Waals surface area contributed by atoms with Crippen molar-refractivity contribution in [3.63, 3.8) is 0 Å². The third-order valence-electron chi connectivity index (χ3n) is 5.09. The summed E-state index contributed by atoms with van der Waals surface area (Å²) in [6.45, 7) is 7.33. The van der Waals surface area contributed by atoms with Crippen molar-refractivity contribution in [3.8, 4) is 11.4 Å². The van der Waals surface area contributed by atoms with Crippen LogP contribution >= 0.6 is 0 Å². The SMILES string of the molecule is Cc1nc(C2CCN(C(=O)c3ccc(-c4noc(C(C)C)n4)cc3)CC2)n[nH]1. The van der Waals surface area contributed by atoms with Gasteiger partial charge in [0.1, 0.15) is 5.82 Å². The molecule has 0 radical (unpaired) electrons. The summed E-state index contributed by atoms with van der Waals surface area (Å²) in [7, 11) is 0. The maximum absolute atomic E-state index is 12.8. The minimum Gasteiger partial charge on any atom is -0.339 e. The molecule has 0 spiro atoms. The van der Waals surface area contributed by atoms with Gasteiger partial charge in [-0.25, -0.2) is 4.98 Å². The summed E-state index contributed by atoms with van der Waals surface area (Å²) in [6, 6.07) is 7.39. The molecule has 1 saturated heterocycles. The molecule has 0 bridgehead atoms. The first-order valence-corrected chi connectivity index (χ1v) is 9.63. The number of carbonyl (C=O) groups is 1. The number of H-pyrrole nitrogens is 1. The van der Waals surface area contributed by atoms with Crippen LogP contribution in [0.15, 0.2) is 28.8 Å². The van der Waals surface area contributed by atoms with Gasteiger partial charge in [-0.05, 0) is 31.9 Å². The van der Waals surface area contributed by atoms with E-state index in [4.69, 9.17) is 4.52 Å². The molecular formula is C20H24N6O2. The number of nitrogens with zero attached hydrogens (tertiary/aromatic N) is 5. The number of benzene rings is 1. The highest BCUT2D eigenvalue weighted by atomic mass is 16.5. The number of amides is 1. The quantitative estimate of drug-likeness (QED) is 0.745. The molecule has 28 heavy (non-hydrogen) atoms. The predicted molar refractivity (Wildman–Crippen MR) is 103 cm³/mol. The van der Waals surface area contributed by atoms with Gasteiger partial charge >= 0.3 is 0 Å². The zero-order chi connectivity index (χ0) is 19.7. The predicted octanol–water partition coefficient (Wildman–Crippen LogP) is 3.31. The average molecular weight is 380 g/mol. The summed E-state index contributed by atoms with van der Waals surface area (Å²) in [5, 5.41) is 11.2. The smallest absolute Gasteiger partial charge is 0.253 e. The molecule has 1 aliphatic rings. The average Bonchev–Trinajstić information content (AvgIpc) is 3.37. The lowest BCUT2D eigenvalue weighted by Crippen LogP contribution is -2.38. The Bertz CT molecular complexity index is 951. The first-order valence-electron chi connectivity index (χ1n) is 9.63. The summed E-state index contributed by atoms with van der Waals surface area (Å²) in [5.41, 5.74) is 1.51. The van der Waals surface area contributed by atoms with Crippen molar-refractivity contribution in [2.75, 3.05) is 13.1 Å². The van der Waals surface area contributed by atoms with Crippen molar-refractivity contribution in [1.29, 1.82) is 0 Å². The molecule has 0 aliphatic carbocycles. The van der Waals surface area contributed by atoms with Gasteiger partial charge in [-0.3, -0.25) is 9.89 Å². The molecule has 8 nitrogen and oxygen atoms in total. The molecule has 2 aromatic heterocycles. The maximum atomic E-state index is 12.8. The second-order valence-electron chi connectivity index (χ2n) is 7.53. The molecule has 1 N–H and O–H groups in total. The first kappa shape index (κ1) is 18.3. The topological polar surface area (TPSA) is 101 Å². The summed E-state index contributed by atoms with van der Waals surface area (Å²) >= 11 is 0. The van der Waals surface area contributed by atoms with Crippen LogP contribution in [0.2, 0.25) is 0 Å². The molecule has 1 aliphatic heterocycles. The van der Waals surface area contributed by atoms with Crippen LogP contribution in [-0.4, -0.2) is 49.2 Å². The van der Waals surface area contributed by atoms with Crippen LogP contribution in [0.3, 0.4) is 0 Å². The van der Waals surface area contributed by atoms with E-state index in [0.717, 1.165) is 30.1 Å². The number of aromatic nitrogens is 5. The monoisotopic (exact) mass is 380 g/mol. The second kappa shape index (κ2) is 7.53. The molecule has 0 saturated carbocycles. The van der Waals surface area contributed by atoms with E-state index in [1.165, 1.54) is 0 Å². The van der Waals surface area contributed by atoms with Crippen LogP contribution in [0.1, 0.15) is 66.4 Å². The molecule has 4 rings (SSSR count). The third kappa shape index (κ3) is 3.67. The van der Waals surface area contributed by atoms with Crippen LogP contribution in [-0.2, 0) is 0 Å². The molecule has 1 fully saturated rings. The summed E-state index contributed by atoms with van der Waals surface area (Å²) < 4.78 is 5.25. The van der Waals surface area contributed by atoms with Crippen molar-refractivity contribution in [2.45, 2.75) is 45.4 Å². The Morgan fingerprint density at radius 3 is 2.46 bits per heavy atom. The molecule has 8 heteroatoms. The Labute approximate surface area is 163 Å². The molecule has 3 heterocycles. The lowest BCUT2D eigenvalue weighted by atomic mass is 9.95. The van der Waals surface area contributed by atoms with E-state index in [9.17, 15) is 4.79 Å². The van der Waals surface area contributed by atoms with E-state index in [0.29, 0.717) is 36.3 Å². The van der Waals surface area contributed by atoms with Crippen LogP contribution in [0.5, 0.6) is 0 Å². The molecule has 3 aromatic rings. The minimum atomic E-state index is 0.0483. The van der Waals surface area contributed by atoms with Gasteiger partial charge in [-0.2, -0.15) is 10.1 Å². The number of likely N-dealkylation sites (tertiary alicyclic amines) is 1. The lowest BCUT2D eigenvalue weighted by Gasteiger charge is -2.30. The number of rotatable bonds is 4. The number of nitrogens with one attached hydrogen (secondary N) is 1. The molecule has 0 unspecified atom stereocenters. The van der Waals surface area contributed by atoms with Gasteiger partial charge in [0.2, 0.25) is 11.7 Å². The van der Waals surface area contributed by atoms with E-state index in [1.54, 1.807) is 0 Å². The number of carbonyl (C=O) groups excluding carboxylic acids is 1. The number of aryl methyl sites for hydroxylation is 1. The Balaban J connectivity index is 1.40. The maximum Gasteiger partial charge on any atom is 0.253 e. The van der Waals surface area contributed by atoms with Crippen molar-refractivity contribution in [1.82, 2.24) is 30.2 Å². The lowest BCUT2D eigenvalue weighted by molar-refractivity contribution is 0.0711. The highest BCUT2D eigenvalue weighted by Crippen LogP contribution is 2.27. The van der Waals surface area contributed by atoms with Crippen LogP contribution < -0.4 is 0 Å². The number of piperidine rings is 1. The summed E-state index contributed by atoms with van der Waals surface area (Å²) in [4.78, 5) is 23.5. The standard InChI is InChI=1S/C20H24N6O2/c1-12(2)19-22-18(25-28-19)14-4-6-16(7-5-14)20(27)26-10-8-15(9-11-26)17-21-13(3)23-24-17/h4-7,12,15H,8-11H2,1-3H3,(H,21,23,24). The van der Waals surface area contributed by atoms with Crippen molar-refractivity contribution in [3.05, 3.63) is 47.4 Å². The van der Waals surface area contributed by atoms with Gasteiger partial charge in [0.25, 0.3) is 5.91 Å². The summed E-state index contributed by atoms with van der Waals surface area (Å²) in [5.74, 6) is 3.39. The fourth-order valence-electron chi connectivity index (χ4n) is 3.41. The van der Waals surface area contributed by atoms with E-state index in [-0.39, 0.29) is 11.8 Å². The Morgan fingerprint density at radius 2 is 1.89 bits per heavy atom. The van der Waals surface area contributed by atoms with Gasteiger partial charge in [0.05, 0.1) is 0 Å². The van der Waals surface area contributed by atoms with E-state index < -0.39 is 0 Å². The molecular weight excluding hydrogens is 356 g/mol. The zero-order valence-corrected chi connectivity index (χ0v) is 16.3. The largest absolute Gasteiger partial charge is 0.339 e. The molecule has 146 valence electrons. The van der Waals surface area contributed by atoms with E-state index in [1.807, 2.05) is 49.9 Å². The van der Waals surface area contributed by atoms with Gasteiger partial charge in [0, 0.05) is 36.1 Å². The van der Waals surface area contributed by atoms with Crippen LogP contribution in [0.25, 0.3) is 11.4 Å². The Morgan fingerprint density at radius 1 is 1.18 bits per heavy atom. The normalized spacial score (nSPS) is 15.4. The van der Waals surface area contributed by atoms with Crippen LogP contribution in [0.4, 0.5) is 0 Å². The van der Waals surface area contributed by atoms with Crippen molar-refractivity contribution < 1.29 is 9.32 Å². The van der Waals surface area contributed by atoms with Crippen LogP contribution in [0, 0.1) is 6.92 Å². The fourth-order valence-corrected chi connectivity index (χ4v) is 3.41. The number of hydrogen-bond acceptors (Lipinski definition) is 6. The van der Waals surface area contributed by atoms with Gasteiger partial charge < -0.3 is 9.42 Å². The van der Waals surface area contributed by atoms with Gasteiger partial charge in [0.15, 0.2) is 5.82 Å². The first-order chi connectivity index (χ1) is 13.5. The second-order valence-corrected chi connectivity index (χ2v) is 7.53. The highest BCUT2D eigenvalue weighted by molar-refractivity contribution is 5.94. The highest BCUT2D eigenvalue weighted by Gasteiger charge is 2.26. The Hall–Kier alpha value is -3.03. The van der Waals surface area contributed by atoms with E-state index >= 15 is 0 Å². The van der Waals surface area contributed by atoms with Gasteiger partial charge in [-0.15, -0.1) is 0 Å². The molecule has 1 amide bonds. The molecule has 0 atom stereocenters. The minimum absolute atomic E-state index is 0.0483. The number of hydrogen-bond donors (Lipinski definition) is 1. The van der Waals surface area contributed by atoms with Crippen molar-refractivity contribution >= 4 is 5.91 Å². The Kier molecular flexibility index (Phi) is 4.93. The zero-order valence-electron chi connectivity index (χ0n) is 16.3. The number of aromatic amines is 1. The van der Waals surface area contributed by atoms with E-state index in [2.05, 4.69) is 25.3 Å². The van der Waals surface area contributed by atoms with Crippen molar-refractivity contribution in [2.24, 2.45) is 0 Å². The third-order valence-corrected chi connectivity index (χ3v) is 5.09. The summed E-state index contributed by atoms with van der Waals surface area (Å²) in [6.07, 6.45) is 1.75. The van der Waals surface area contributed by atoms with Gasteiger partial charge in [-0.1, -0.05) is 31.1 Å².